The first-order chi connectivity index (χ1) is 9.94. The molecule has 0 unspecified atom stereocenters. The Morgan fingerprint density at radius 1 is 1.38 bits per heavy atom. The summed E-state index contributed by atoms with van der Waals surface area (Å²) in [5.74, 6) is 5.61. The third kappa shape index (κ3) is 3.39. The van der Waals surface area contributed by atoms with E-state index in [-0.39, 0.29) is 17.3 Å². The van der Waals surface area contributed by atoms with Gasteiger partial charge in [0.1, 0.15) is 16.4 Å². The molecule has 2 aromatic heterocycles. The summed E-state index contributed by atoms with van der Waals surface area (Å²) in [6, 6.07) is 4.89. The third-order valence-electron chi connectivity index (χ3n) is 2.64. The molecule has 0 aromatic carbocycles. The lowest BCUT2D eigenvalue weighted by molar-refractivity contribution is 0.600. The Labute approximate surface area is 123 Å². The van der Waals surface area contributed by atoms with Crippen LogP contribution in [0.25, 0.3) is 0 Å². The number of nitrogens with one attached hydrogen (secondary N) is 2. The number of rotatable bonds is 3. The first-order valence-corrected chi connectivity index (χ1v) is 7.62. The fourth-order valence-corrected chi connectivity index (χ4v) is 3.20. The van der Waals surface area contributed by atoms with Crippen LogP contribution >= 0.6 is 0 Å². The van der Waals surface area contributed by atoms with Crippen LogP contribution in [0.15, 0.2) is 23.1 Å². The van der Waals surface area contributed by atoms with Gasteiger partial charge in [-0.05, 0) is 31.9 Å². The molecular weight excluding hydrogens is 290 g/mol. The van der Waals surface area contributed by atoms with Gasteiger partial charge in [0, 0.05) is 0 Å². The summed E-state index contributed by atoms with van der Waals surface area (Å²) >= 11 is 0. The van der Waals surface area contributed by atoms with Crippen molar-refractivity contribution in [3.8, 4) is 11.8 Å². The van der Waals surface area contributed by atoms with Crippen molar-refractivity contribution in [1.82, 2.24) is 15.2 Å². The van der Waals surface area contributed by atoms with Crippen molar-refractivity contribution in [2.45, 2.75) is 18.7 Å². The smallest absolute Gasteiger partial charge is 0.266 e. The molecule has 2 heterocycles. The molecule has 0 radical (unpaired) electrons. The largest absolute Gasteiger partial charge is 0.320 e. The van der Waals surface area contributed by atoms with Gasteiger partial charge < -0.3 is 5.73 Å². The van der Waals surface area contributed by atoms with Gasteiger partial charge >= 0.3 is 0 Å². The maximum atomic E-state index is 12.4. The molecule has 21 heavy (non-hydrogen) atoms. The number of aryl methyl sites for hydroxylation is 2. The average Bonchev–Trinajstić information content (AvgIpc) is 2.76. The van der Waals surface area contributed by atoms with Crippen LogP contribution < -0.4 is 10.5 Å². The number of hydrogen-bond acceptors (Lipinski definition) is 5. The second-order valence-electron chi connectivity index (χ2n) is 4.28. The summed E-state index contributed by atoms with van der Waals surface area (Å²) in [5.41, 5.74) is 6.61. The molecule has 0 spiro atoms. The van der Waals surface area contributed by atoms with E-state index in [2.05, 4.69) is 31.7 Å². The minimum absolute atomic E-state index is 0.128. The number of H-pyrrole nitrogens is 1. The maximum absolute atomic E-state index is 12.4. The average molecular weight is 305 g/mol. The van der Waals surface area contributed by atoms with E-state index in [4.69, 9.17) is 5.73 Å². The summed E-state index contributed by atoms with van der Waals surface area (Å²) in [4.78, 5) is 4.24. The van der Waals surface area contributed by atoms with Crippen molar-refractivity contribution >= 4 is 15.8 Å². The highest BCUT2D eigenvalue weighted by molar-refractivity contribution is 7.92. The molecule has 4 N–H and O–H groups in total. The van der Waals surface area contributed by atoms with Crippen LogP contribution in [-0.2, 0) is 10.0 Å². The second kappa shape index (κ2) is 5.95. The molecule has 8 heteroatoms. The van der Waals surface area contributed by atoms with Crippen molar-refractivity contribution < 1.29 is 8.42 Å². The Hall–Kier alpha value is -2.37. The number of aromatic amines is 1. The molecule has 0 bridgehead atoms. The van der Waals surface area contributed by atoms with Gasteiger partial charge in [-0.25, -0.2) is 13.4 Å². The molecule has 0 aliphatic rings. The molecule has 7 nitrogen and oxygen atoms in total. The topological polar surface area (TPSA) is 114 Å². The monoisotopic (exact) mass is 305 g/mol. The van der Waals surface area contributed by atoms with Gasteiger partial charge in [0.25, 0.3) is 10.0 Å². The van der Waals surface area contributed by atoms with Crippen LogP contribution in [0.4, 0.5) is 5.82 Å². The Morgan fingerprint density at radius 3 is 2.76 bits per heavy atom. The number of hydrogen-bond donors (Lipinski definition) is 3. The fraction of sp³-hybridized carbons (Fsp3) is 0.231. The van der Waals surface area contributed by atoms with Crippen LogP contribution in [0.5, 0.6) is 0 Å². The summed E-state index contributed by atoms with van der Waals surface area (Å²) < 4.78 is 27.1. The molecule has 2 aromatic rings. The van der Waals surface area contributed by atoms with Crippen molar-refractivity contribution in [1.29, 1.82) is 0 Å². The fourth-order valence-electron chi connectivity index (χ4n) is 1.83. The summed E-state index contributed by atoms with van der Waals surface area (Å²) in [6.07, 6.45) is 0. The van der Waals surface area contributed by atoms with Crippen LogP contribution in [0.1, 0.15) is 17.1 Å². The number of aromatic nitrogens is 3. The van der Waals surface area contributed by atoms with E-state index in [0.29, 0.717) is 17.1 Å². The molecular formula is C13H15N5O2S. The quantitative estimate of drug-likeness (QED) is 0.716. The van der Waals surface area contributed by atoms with Gasteiger partial charge in [-0.1, -0.05) is 12.0 Å². The Bertz CT molecular complexity index is 795. The van der Waals surface area contributed by atoms with Crippen LogP contribution in [-0.4, -0.2) is 30.1 Å². The Morgan fingerprint density at radius 2 is 2.14 bits per heavy atom. The van der Waals surface area contributed by atoms with E-state index in [1.54, 1.807) is 32.0 Å². The van der Waals surface area contributed by atoms with Gasteiger partial charge in [-0.15, -0.1) is 0 Å². The zero-order valence-corrected chi connectivity index (χ0v) is 12.5. The first kappa shape index (κ1) is 15.0. The van der Waals surface area contributed by atoms with Crippen LogP contribution in [0.3, 0.4) is 0 Å². The second-order valence-corrected chi connectivity index (χ2v) is 5.90. The van der Waals surface area contributed by atoms with Crippen LogP contribution in [0, 0.1) is 25.7 Å². The molecule has 0 saturated carbocycles. The SMILES string of the molecule is Cc1n[nH]c(C)c1S(=O)(=O)Nc1cccc(C#CCN)n1. The minimum Gasteiger partial charge on any atom is -0.320 e. The molecule has 0 aliphatic carbocycles. The van der Waals surface area contributed by atoms with Gasteiger partial charge in [0.05, 0.1) is 17.9 Å². The molecule has 0 saturated heterocycles. The van der Waals surface area contributed by atoms with Gasteiger partial charge in [-0.3, -0.25) is 9.82 Å². The predicted molar refractivity (Wildman–Crippen MR) is 79.0 cm³/mol. The number of anilines is 1. The van der Waals surface area contributed by atoms with Crippen LogP contribution in [0.2, 0.25) is 0 Å². The van der Waals surface area contributed by atoms with E-state index < -0.39 is 10.0 Å². The molecule has 110 valence electrons. The zero-order chi connectivity index (χ0) is 15.5. The maximum Gasteiger partial charge on any atom is 0.266 e. The lowest BCUT2D eigenvalue weighted by Crippen LogP contribution is -2.15. The highest BCUT2D eigenvalue weighted by Crippen LogP contribution is 2.19. The summed E-state index contributed by atoms with van der Waals surface area (Å²) in [6.45, 7) is 3.48. The van der Waals surface area contributed by atoms with Gasteiger partial charge in [-0.2, -0.15) is 5.10 Å². The summed E-state index contributed by atoms with van der Waals surface area (Å²) in [5, 5.41) is 6.52. The highest BCUT2D eigenvalue weighted by atomic mass is 32.2. The Kier molecular flexibility index (Phi) is 4.26. The predicted octanol–water partition coefficient (Wildman–Crippen LogP) is 0.533. The van der Waals surface area contributed by atoms with E-state index in [9.17, 15) is 8.42 Å². The van der Waals surface area contributed by atoms with E-state index >= 15 is 0 Å². The van der Waals surface area contributed by atoms with E-state index in [0.717, 1.165) is 0 Å². The lowest BCUT2D eigenvalue weighted by Gasteiger charge is -2.07. The van der Waals surface area contributed by atoms with Crippen molar-refractivity contribution in [3.63, 3.8) is 0 Å². The van der Waals surface area contributed by atoms with E-state index in [1.807, 2.05) is 0 Å². The molecule has 0 aliphatic heterocycles. The number of nitrogens with two attached hydrogens (primary N) is 1. The standard InChI is InChI=1S/C13H15N5O2S/c1-9-13(10(2)17-16-9)21(19,20)18-12-7-3-5-11(15-12)6-4-8-14/h3,5,7H,8,14H2,1-2H3,(H,15,18)(H,16,17). The van der Waals surface area contributed by atoms with E-state index in [1.165, 1.54) is 0 Å². The van der Waals surface area contributed by atoms with Crippen molar-refractivity contribution in [3.05, 3.63) is 35.3 Å². The van der Waals surface area contributed by atoms with Crippen molar-refractivity contribution in [2.24, 2.45) is 5.73 Å². The number of nitrogens with zero attached hydrogens (tertiary/aromatic N) is 2. The van der Waals surface area contributed by atoms with Gasteiger partial charge in [0.2, 0.25) is 0 Å². The first-order valence-electron chi connectivity index (χ1n) is 6.14. The number of pyridine rings is 1. The molecule has 0 amide bonds. The van der Waals surface area contributed by atoms with Gasteiger partial charge in [0.15, 0.2) is 0 Å². The Balaban J connectivity index is 2.33. The molecule has 0 fully saturated rings. The van der Waals surface area contributed by atoms with Crippen molar-refractivity contribution in [2.75, 3.05) is 11.3 Å². The summed E-state index contributed by atoms with van der Waals surface area (Å²) in [7, 11) is -3.75. The molecule has 2 rings (SSSR count). The lowest BCUT2D eigenvalue weighted by atomic mass is 10.3. The highest BCUT2D eigenvalue weighted by Gasteiger charge is 2.22. The zero-order valence-electron chi connectivity index (χ0n) is 11.6. The minimum atomic E-state index is -3.75. The molecule has 0 atom stereocenters. The normalized spacial score (nSPS) is 10.8. The third-order valence-corrected chi connectivity index (χ3v) is 4.25. The number of sulfonamides is 1.